The Hall–Kier alpha value is -3.54. The Morgan fingerprint density at radius 1 is 0.722 bits per heavy atom. The van der Waals surface area contributed by atoms with Crippen molar-refractivity contribution in [2.24, 2.45) is 0 Å². The van der Waals surface area contributed by atoms with E-state index in [9.17, 15) is 9.59 Å². The van der Waals surface area contributed by atoms with Crippen LogP contribution in [-0.2, 0) is 4.79 Å². The van der Waals surface area contributed by atoms with Crippen LogP contribution in [-0.4, -0.2) is 11.8 Å². The number of benzene rings is 4. The van der Waals surface area contributed by atoms with Crippen molar-refractivity contribution in [2.45, 2.75) is 29.9 Å². The van der Waals surface area contributed by atoms with Crippen molar-refractivity contribution in [3.63, 3.8) is 0 Å². The molecule has 0 bridgehead atoms. The zero-order valence-electron chi connectivity index (χ0n) is 20.1. The van der Waals surface area contributed by atoms with E-state index in [0.717, 1.165) is 16.1 Å². The third-order valence-electron chi connectivity index (χ3n) is 5.64. The second-order valence-electron chi connectivity index (χ2n) is 8.66. The summed E-state index contributed by atoms with van der Waals surface area (Å²) in [5.41, 5.74) is 4.06. The Kier molecular flexibility index (Phi) is 8.47. The molecule has 4 rings (SSSR count). The predicted octanol–water partition coefficient (Wildman–Crippen LogP) is 8.19. The average molecular weight is 515 g/mol. The molecule has 1 unspecified atom stereocenters. The molecule has 6 heteroatoms. The van der Waals surface area contributed by atoms with Gasteiger partial charge in [-0.1, -0.05) is 74.0 Å². The SMILES string of the molecule is CC(C)c1ccc(NC(=O)C(Sc2ccc(NC(=O)c3cccc(Cl)c3)cc2)c2ccccc2)cc1. The zero-order chi connectivity index (χ0) is 25.5. The fourth-order valence-electron chi connectivity index (χ4n) is 3.65. The van der Waals surface area contributed by atoms with E-state index in [1.807, 2.05) is 78.9 Å². The standard InChI is InChI=1S/C30H27ClN2O2S/c1-20(2)21-11-13-25(14-12-21)33-30(35)28(22-7-4-3-5-8-22)36-27-17-15-26(16-18-27)32-29(34)23-9-6-10-24(31)19-23/h3-20,28H,1-2H3,(H,32,34)(H,33,35). The first-order valence-corrected chi connectivity index (χ1v) is 12.9. The molecule has 4 aromatic carbocycles. The zero-order valence-corrected chi connectivity index (χ0v) is 21.6. The Labute approximate surface area is 221 Å². The first-order valence-electron chi connectivity index (χ1n) is 11.7. The van der Waals surface area contributed by atoms with Gasteiger partial charge in [0.2, 0.25) is 5.91 Å². The van der Waals surface area contributed by atoms with E-state index in [4.69, 9.17) is 11.6 Å². The number of amides is 2. The summed E-state index contributed by atoms with van der Waals surface area (Å²) in [7, 11) is 0. The molecule has 0 heterocycles. The van der Waals surface area contributed by atoms with Crippen molar-refractivity contribution >= 4 is 46.6 Å². The number of rotatable bonds is 8. The number of hydrogen-bond acceptors (Lipinski definition) is 3. The number of carbonyl (C=O) groups is 2. The smallest absolute Gasteiger partial charge is 0.255 e. The summed E-state index contributed by atoms with van der Waals surface area (Å²) >= 11 is 7.45. The van der Waals surface area contributed by atoms with E-state index in [1.165, 1.54) is 17.3 Å². The molecule has 0 spiro atoms. The molecule has 0 saturated carbocycles. The fourth-order valence-corrected chi connectivity index (χ4v) is 4.86. The third kappa shape index (κ3) is 6.78. The Bertz CT molecular complexity index is 1320. The van der Waals surface area contributed by atoms with Gasteiger partial charge in [0.05, 0.1) is 0 Å². The van der Waals surface area contributed by atoms with Gasteiger partial charge in [0, 0.05) is 26.9 Å². The van der Waals surface area contributed by atoms with Gasteiger partial charge < -0.3 is 10.6 Å². The maximum Gasteiger partial charge on any atom is 0.255 e. The molecule has 182 valence electrons. The monoisotopic (exact) mass is 514 g/mol. The highest BCUT2D eigenvalue weighted by molar-refractivity contribution is 8.00. The van der Waals surface area contributed by atoms with Gasteiger partial charge in [-0.3, -0.25) is 9.59 Å². The van der Waals surface area contributed by atoms with Gasteiger partial charge in [-0.25, -0.2) is 0 Å². The topological polar surface area (TPSA) is 58.2 Å². The molecule has 2 amide bonds. The summed E-state index contributed by atoms with van der Waals surface area (Å²) in [6.07, 6.45) is 0. The van der Waals surface area contributed by atoms with Crippen LogP contribution < -0.4 is 10.6 Å². The molecule has 0 aliphatic carbocycles. The molecule has 0 radical (unpaired) electrons. The highest BCUT2D eigenvalue weighted by atomic mass is 35.5. The normalized spacial score (nSPS) is 11.7. The van der Waals surface area contributed by atoms with Crippen LogP contribution in [0.25, 0.3) is 0 Å². The van der Waals surface area contributed by atoms with E-state index in [-0.39, 0.29) is 11.8 Å². The molecule has 1 atom stereocenters. The van der Waals surface area contributed by atoms with Gasteiger partial charge >= 0.3 is 0 Å². The summed E-state index contributed by atoms with van der Waals surface area (Å²) < 4.78 is 0. The lowest BCUT2D eigenvalue weighted by Crippen LogP contribution is -2.19. The van der Waals surface area contributed by atoms with Gasteiger partial charge in [0.15, 0.2) is 0 Å². The van der Waals surface area contributed by atoms with E-state index >= 15 is 0 Å². The molecule has 4 nitrogen and oxygen atoms in total. The minimum Gasteiger partial charge on any atom is -0.325 e. The highest BCUT2D eigenvalue weighted by Crippen LogP contribution is 2.37. The first kappa shape index (κ1) is 25.5. The summed E-state index contributed by atoms with van der Waals surface area (Å²) in [6, 6.07) is 32.0. The molecule has 0 aliphatic rings. The number of nitrogens with one attached hydrogen (secondary N) is 2. The van der Waals surface area contributed by atoms with Gasteiger partial charge in [0.1, 0.15) is 5.25 Å². The van der Waals surface area contributed by atoms with Crippen LogP contribution in [0.5, 0.6) is 0 Å². The lowest BCUT2D eigenvalue weighted by atomic mass is 10.0. The van der Waals surface area contributed by atoms with Crippen molar-refractivity contribution in [3.8, 4) is 0 Å². The van der Waals surface area contributed by atoms with E-state index in [1.54, 1.807) is 24.3 Å². The highest BCUT2D eigenvalue weighted by Gasteiger charge is 2.22. The van der Waals surface area contributed by atoms with Crippen molar-refractivity contribution < 1.29 is 9.59 Å². The van der Waals surface area contributed by atoms with Gasteiger partial charge in [-0.05, 0) is 71.6 Å². The average Bonchev–Trinajstić information content (AvgIpc) is 2.89. The molecule has 0 saturated heterocycles. The van der Waals surface area contributed by atoms with Gasteiger partial charge in [-0.2, -0.15) is 0 Å². The molecule has 0 aliphatic heterocycles. The summed E-state index contributed by atoms with van der Waals surface area (Å²) in [4.78, 5) is 26.8. The second-order valence-corrected chi connectivity index (χ2v) is 10.3. The van der Waals surface area contributed by atoms with Gasteiger partial charge in [-0.15, -0.1) is 11.8 Å². The molecular weight excluding hydrogens is 488 g/mol. The number of thioether (sulfide) groups is 1. The molecule has 4 aromatic rings. The summed E-state index contributed by atoms with van der Waals surface area (Å²) in [5, 5.41) is 6.01. The van der Waals surface area contributed by atoms with E-state index < -0.39 is 5.25 Å². The Morgan fingerprint density at radius 3 is 2.00 bits per heavy atom. The maximum atomic E-state index is 13.3. The molecule has 2 N–H and O–H groups in total. The predicted molar refractivity (Wildman–Crippen MR) is 150 cm³/mol. The Balaban J connectivity index is 1.47. The minimum atomic E-state index is -0.442. The van der Waals surface area contributed by atoms with Crippen molar-refractivity contribution in [3.05, 3.63) is 125 Å². The number of anilines is 2. The van der Waals surface area contributed by atoms with Crippen LogP contribution in [0.4, 0.5) is 11.4 Å². The molecular formula is C30H27ClN2O2S. The fraction of sp³-hybridized carbons (Fsp3) is 0.133. The minimum absolute atomic E-state index is 0.0955. The van der Waals surface area contributed by atoms with Crippen LogP contribution in [0.2, 0.25) is 5.02 Å². The summed E-state index contributed by atoms with van der Waals surface area (Å²) in [5.74, 6) is 0.102. The molecule has 0 fully saturated rings. The van der Waals surface area contributed by atoms with Crippen LogP contribution in [0.1, 0.15) is 46.5 Å². The summed E-state index contributed by atoms with van der Waals surface area (Å²) in [6.45, 7) is 4.29. The molecule has 36 heavy (non-hydrogen) atoms. The van der Waals surface area contributed by atoms with E-state index in [0.29, 0.717) is 22.2 Å². The van der Waals surface area contributed by atoms with E-state index in [2.05, 4.69) is 24.5 Å². The van der Waals surface area contributed by atoms with Crippen LogP contribution in [0.15, 0.2) is 108 Å². The van der Waals surface area contributed by atoms with Crippen LogP contribution >= 0.6 is 23.4 Å². The lowest BCUT2D eigenvalue weighted by Gasteiger charge is -2.18. The maximum absolute atomic E-state index is 13.3. The second kappa shape index (κ2) is 11.9. The number of hydrogen-bond donors (Lipinski definition) is 2. The van der Waals surface area contributed by atoms with Crippen LogP contribution in [0.3, 0.4) is 0 Å². The number of halogens is 1. The van der Waals surface area contributed by atoms with Crippen LogP contribution in [0, 0.1) is 0 Å². The largest absolute Gasteiger partial charge is 0.325 e. The third-order valence-corrected chi connectivity index (χ3v) is 7.14. The number of carbonyl (C=O) groups excluding carboxylic acids is 2. The van der Waals surface area contributed by atoms with Crippen molar-refractivity contribution in [2.75, 3.05) is 10.6 Å². The van der Waals surface area contributed by atoms with Crippen molar-refractivity contribution in [1.29, 1.82) is 0 Å². The van der Waals surface area contributed by atoms with Crippen molar-refractivity contribution in [1.82, 2.24) is 0 Å². The quantitative estimate of drug-likeness (QED) is 0.233. The van der Waals surface area contributed by atoms with Gasteiger partial charge in [0.25, 0.3) is 5.91 Å². The Morgan fingerprint density at radius 2 is 1.36 bits per heavy atom. The first-order chi connectivity index (χ1) is 17.4. The molecule has 0 aromatic heterocycles. The lowest BCUT2D eigenvalue weighted by molar-refractivity contribution is -0.115.